The first kappa shape index (κ1) is 18.5. The predicted molar refractivity (Wildman–Crippen MR) is 91.3 cm³/mol. The number of benzene rings is 1. The molecule has 0 aliphatic heterocycles. The van der Waals surface area contributed by atoms with Crippen molar-refractivity contribution >= 4 is 35.6 Å². The van der Waals surface area contributed by atoms with E-state index in [4.69, 9.17) is 5.73 Å². The highest BCUT2D eigenvalue weighted by Crippen LogP contribution is 2.27. The molecule has 6 heteroatoms. The number of nitrogens with one attached hydrogen (secondary N) is 1. The van der Waals surface area contributed by atoms with E-state index in [2.05, 4.69) is 5.32 Å². The molecule has 1 fully saturated rings. The molecule has 0 heterocycles. The number of carbonyl (C=O) groups is 2. The highest BCUT2D eigenvalue weighted by molar-refractivity contribution is 5.94. The molecule has 0 spiro atoms. The lowest BCUT2D eigenvalue weighted by Gasteiger charge is -2.17. The van der Waals surface area contributed by atoms with Gasteiger partial charge >= 0.3 is 0 Å². The SMILES string of the molecule is CC(=O)N(C)c1cccc(NC(=O)C[C@@H]2CCC[C@H]2N)c1.Cl. The number of halogens is 1. The van der Waals surface area contributed by atoms with Gasteiger partial charge in [-0.1, -0.05) is 12.5 Å². The zero-order chi connectivity index (χ0) is 15.4. The molecule has 0 unspecified atom stereocenters. The summed E-state index contributed by atoms with van der Waals surface area (Å²) in [6.07, 6.45) is 3.62. The minimum atomic E-state index is -0.0459. The van der Waals surface area contributed by atoms with Gasteiger partial charge in [-0.25, -0.2) is 0 Å². The summed E-state index contributed by atoms with van der Waals surface area (Å²) in [4.78, 5) is 25.0. The third-order valence-electron chi connectivity index (χ3n) is 4.16. The van der Waals surface area contributed by atoms with Crippen molar-refractivity contribution in [2.75, 3.05) is 17.3 Å². The van der Waals surface area contributed by atoms with Crippen LogP contribution in [0.2, 0.25) is 0 Å². The van der Waals surface area contributed by atoms with E-state index in [9.17, 15) is 9.59 Å². The third kappa shape index (κ3) is 4.71. The van der Waals surface area contributed by atoms with Crippen molar-refractivity contribution in [2.24, 2.45) is 11.7 Å². The number of amides is 2. The number of rotatable bonds is 4. The van der Waals surface area contributed by atoms with Crippen LogP contribution in [0.1, 0.15) is 32.6 Å². The van der Waals surface area contributed by atoms with Crippen molar-refractivity contribution < 1.29 is 9.59 Å². The Morgan fingerprint density at radius 1 is 1.36 bits per heavy atom. The monoisotopic (exact) mass is 325 g/mol. The fraction of sp³-hybridized carbons (Fsp3) is 0.500. The average molecular weight is 326 g/mol. The van der Waals surface area contributed by atoms with Crippen molar-refractivity contribution in [3.05, 3.63) is 24.3 Å². The molecule has 1 aromatic carbocycles. The number of carbonyl (C=O) groups excluding carboxylic acids is 2. The van der Waals surface area contributed by atoms with E-state index in [0.717, 1.165) is 24.9 Å². The molecule has 2 amide bonds. The maximum Gasteiger partial charge on any atom is 0.224 e. The largest absolute Gasteiger partial charge is 0.327 e. The Balaban J connectivity index is 0.00000242. The summed E-state index contributed by atoms with van der Waals surface area (Å²) >= 11 is 0. The lowest BCUT2D eigenvalue weighted by molar-refractivity contribution is -0.117. The maximum atomic E-state index is 12.1. The summed E-state index contributed by atoms with van der Waals surface area (Å²) in [6, 6.07) is 7.43. The fourth-order valence-electron chi connectivity index (χ4n) is 2.74. The van der Waals surface area contributed by atoms with Crippen LogP contribution in [-0.4, -0.2) is 24.9 Å². The first-order chi connectivity index (χ1) is 9.97. The zero-order valence-electron chi connectivity index (χ0n) is 13.0. The molecule has 0 bridgehead atoms. The first-order valence-corrected chi connectivity index (χ1v) is 7.37. The number of hydrogen-bond donors (Lipinski definition) is 2. The van der Waals surface area contributed by atoms with Gasteiger partial charge < -0.3 is 16.0 Å². The van der Waals surface area contributed by atoms with Crippen molar-refractivity contribution in [3.8, 4) is 0 Å². The van der Waals surface area contributed by atoms with Gasteiger partial charge in [-0.05, 0) is 37.0 Å². The van der Waals surface area contributed by atoms with Crippen LogP contribution in [-0.2, 0) is 9.59 Å². The first-order valence-electron chi connectivity index (χ1n) is 7.37. The molecule has 1 saturated carbocycles. The summed E-state index contributed by atoms with van der Waals surface area (Å²) < 4.78 is 0. The molecule has 1 aliphatic rings. The molecule has 0 radical (unpaired) electrons. The van der Waals surface area contributed by atoms with E-state index < -0.39 is 0 Å². The third-order valence-corrected chi connectivity index (χ3v) is 4.16. The average Bonchev–Trinajstić information content (AvgIpc) is 2.83. The molecule has 122 valence electrons. The van der Waals surface area contributed by atoms with Gasteiger partial charge in [0, 0.05) is 37.8 Å². The second-order valence-electron chi connectivity index (χ2n) is 5.74. The zero-order valence-corrected chi connectivity index (χ0v) is 13.9. The van der Waals surface area contributed by atoms with Crippen LogP contribution >= 0.6 is 12.4 Å². The molecule has 22 heavy (non-hydrogen) atoms. The molecular formula is C16H24ClN3O2. The number of hydrogen-bond acceptors (Lipinski definition) is 3. The number of anilines is 2. The smallest absolute Gasteiger partial charge is 0.224 e. The second kappa shape index (κ2) is 8.15. The molecular weight excluding hydrogens is 302 g/mol. The van der Waals surface area contributed by atoms with E-state index in [1.807, 2.05) is 18.2 Å². The quantitative estimate of drug-likeness (QED) is 0.893. The van der Waals surface area contributed by atoms with Gasteiger partial charge in [-0.3, -0.25) is 9.59 Å². The van der Waals surface area contributed by atoms with Gasteiger partial charge in [0.05, 0.1) is 0 Å². The molecule has 3 N–H and O–H groups in total. The van der Waals surface area contributed by atoms with Gasteiger partial charge in [0.1, 0.15) is 0 Å². The van der Waals surface area contributed by atoms with E-state index >= 15 is 0 Å². The van der Waals surface area contributed by atoms with Crippen LogP contribution in [0, 0.1) is 5.92 Å². The minimum absolute atomic E-state index is 0. The summed E-state index contributed by atoms with van der Waals surface area (Å²) in [5, 5.41) is 2.89. The lowest BCUT2D eigenvalue weighted by atomic mass is 10.00. The van der Waals surface area contributed by atoms with Crippen molar-refractivity contribution in [1.29, 1.82) is 0 Å². The van der Waals surface area contributed by atoms with Crippen molar-refractivity contribution in [3.63, 3.8) is 0 Å². The summed E-state index contributed by atoms with van der Waals surface area (Å²) in [7, 11) is 1.71. The van der Waals surface area contributed by atoms with Gasteiger partial charge in [-0.15, -0.1) is 12.4 Å². The van der Waals surface area contributed by atoms with Gasteiger partial charge in [-0.2, -0.15) is 0 Å². The molecule has 0 saturated heterocycles. The second-order valence-corrected chi connectivity index (χ2v) is 5.74. The Morgan fingerprint density at radius 2 is 2.09 bits per heavy atom. The van der Waals surface area contributed by atoms with E-state index in [1.54, 1.807) is 18.0 Å². The topological polar surface area (TPSA) is 75.4 Å². The van der Waals surface area contributed by atoms with Crippen LogP contribution in [0.4, 0.5) is 11.4 Å². The van der Waals surface area contributed by atoms with E-state index in [1.165, 1.54) is 6.92 Å². The Morgan fingerprint density at radius 3 is 2.68 bits per heavy atom. The van der Waals surface area contributed by atoms with E-state index in [-0.39, 0.29) is 36.2 Å². The number of nitrogens with zero attached hydrogens (tertiary/aromatic N) is 1. The van der Waals surface area contributed by atoms with Gasteiger partial charge in [0.25, 0.3) is 0 Å². The Bertz CT molecular complexity index is 536. The molecule has 2 atom stereocenters. The highest BCUT2D eigenvalue weighted by atomic mass is 35.5. The van der Waals surface area contributed by atoms with E-state index in [0.29, 0.717) is 12.1 Å². The summed E-state index contributed by atoms with van der Waals surface area (Å²) in [5.74, 6) is 0.225. The maximum absolute atomic E-state index is 12.1. The highest BCUT2D eigenvalue weighted by Gasteiger charge is 2.26. The number of nitrogens with two attached hydrogens (primary N) is 1. The summed E-state index contributed by atoms with van der Waals surface area (Å²) in [5.41, 5.74) is 7.46. The van der Waals surface area contributed by atoms with Gasteiger partial charge in [0.15, 0.2) is 0 Å². The Labute approximate surface area is 137 Å². The molecule has 1 aliphatic carbocycles. The van der Waals surface area contributed by atoms with Crippen molar-refractivity contribution in [2.45, 2.75) is 38.6 Å². The molecule has 2 rings (SSSR count). The van der Waals surface area contributed by atoms with Crippen molar-refractivity contribution in [1.82, 2.24) is 0 Å². The predicted octanol–water partition coefficient (Wildman–Crippen LogP) is 2.55. The molecule has 0 aromatic heterocycles. The summed E-state index contributed by atoms with van der Waals surface area (Å²) in [6.45, 7) is 1.51. The molecule has 1 aromatic rings. The fourth-order valence-corrected chi connectivity index (χ4v) is 2.74. The van der Waals surface area contributed by atoms with Crippen LogP contribution in [0.15, 0.2) is 24.3 Å². The Kier molecular flexibility index (Phi) is 6.84. The lowest BCUT2D eigenvalue weighted by Crippen LogP contribution is -2.28. The van der Waals surface area contributed by atoms with Crippen LogP contribution < -0.4 is 16.0 Å². The molecule has 5 nitrogen and oxygen atoms in total. The normalized spacial score (nSPS) is 20.1. The Hall–Kier alpha value is -1.59. The minimum Gasteiger partial charge on any atom is -0.327 e. The van der Waals surface area contributed by atoms with Gasteiger partial charge in [0.2, 0.25) is 11.8 Å². The van der Waals surface area contributed by atoms with Crippen LogP contribution in [0.5, 0.6) is 0 Å². The standard InChI is InChI=1S/C16H23N3O2.ClH/c1-11(20)19(2)14-7-4-6-13(10-14)18-16(21)9-12-5-3-8-15(12)17;/h4,6-7,10,12,15H,3,5,8-9,17H2,1-2H3,(H,18,21);1H/t12-,15+;/m0./s1. The van der Waals surface area contributed by atoms with Crippen LogP contribution in [0.25, 0.3) is 0 Å². The van der Waals surface area contributed by atoms with Crippen LogP contribution in [0.3, 0.4) is 0 Å².